The molecule has 0 spiro atoms. The molecule has 2 saturated heterocycles. The number of carbonyl (C=O) groups excluding carboxylic acids is 4. The van der Waals surface area contributed by atoms with Gasteiger partial charge in [0.2, 0.25) is 17.7 Å². The minimum Gasteiger partial charge on any atom is -0.489 e. The van der Waals surface area contributed by atoms with Crippen LogP contribution in [0.25, 0.3) is 0 Å². The molecule has 1 atom stereocenters. The fourth-order valence-electron chi connectivity index (χ4n) is 4.46. The molecular weight excluding hydrogens is 438 g/mol. The van der Waals surface area contributed by atoms with E-state index in [9.17, 15) is 19.2 Å². The van der Waals surface area contributed by atoms with E-state index >= 15 is 0 Å². The van der Waals surface area contributed by atoms with Crippen molar-refractivity contribution in [1.29, 1.82) is 0 Å². The third-order valence-corrected chi connectivity index (χ3v) is 6.35. The fourth-order valence-corrected chi connectivity index (χ4v) is 4.46. The Morgan fingerprint density at radius 3 is 2.65 bits per heavy atom. The summed E-state index contributed by atoms with van der Waals surface area (Å²) in [6.45, 7) is 2.18. The molecule has 1 N–H and O–H groups in total. The summed E-state index contributed by atoms with van der Waals surface area (Å²) in [6.07, 6.45) is 0.454. The smallest absolute Gasteiger partial charge is 0.255 e. The topological polar surface area (TPSA) is 105 Å². The van der Waals surface area contributed by atoms with Gasteiger partial charge < -0.3 is 19.3 Å². The van der Waals surface area contributed by atoms with Crippen molar-refractivity contribution < 1.29 is 30.0 Å². The Labute approximate surface area is 198 Å². The molecule has 0 aromatic heterocycles. The van der Waals surface area contributed by atoms with Gasteiger partial charge in [0.1, 0.15) is 25.0 Å². The van der Waals surface area contributed by atoms with Crippen LogP contribution in [0.5, 0.6) is 5.75 Å². The number of ether oxygens (including phenoxy) is 2. The van der Waals surface area contributed by atoms with Gasteiger partial charge in [0.05, 0.1) is 14.5 Å². The Hall–Kier alpha value is -3.72. The van der Waals surface area contributed by atoms with E-state index in [4.69, 9.17) is 10.8 Å². The maximum Gasteiger partial charge on any atom is 0.255 e. The van der Waals surface area contributed by atoms with Gasteiger partial charge in [-0.3, -0.25) is 24.5 Å². The first-order chi connectivity index (χ1) is 16.9. The van der Waals surface area contributed by atoms with Crippen LogP contribution >= 0.6 is 0 Å². The molecule has 34 heavy (non-hydrogen) atoms. The van der Waals surface area contributed by atoms with E-state index in [0.717, 1.165) is 11.1 Å². The van der Waals surface area contributed by atoms with Crippen molar-refractivity contribution in [1.82, 2.24) is 15.1 Å². The Morgan fingerprint density at radius 1 is 1.09 bits per heavy atom. The number of imide groups is 1. The zero-order valence-corrected chi connectivity index (χ0v) is 18.5. The van der Waals surface area contributed by atoms with Crippen molar-refractivity contribution in [3.63, 3.8) is 0 Å². The van der Waals surface area contributed by atoms with Gasteiger partial charge >= 0.3 is 0 Å². The Kier molecular flexibility index (Phi) is 5.68. The van der Waals surface area contributed by atoms with Gasteiger partial charge in [-0.1, -0.05) is 30.3 Å². The Morgan fingerprint density at radius 2 is 1.88 bits per heavy atom. The molecule has 176 valence electrons. The molecule has 9 nitrogen and oxygen atoms in total. The molecule has 1 unspecified atom stereocenters. The minimum absolute atomic E-state index is 0.0197. The van der Waals surface area contributed by atoms with Crippen LogP contribution in [-0.2, 0) is 38.8 Å². The van der Waals surface area contributed by atoms with E-state index in [1.54, 1.807) is 11.0 Å². The first kappa shape index (κ1) is 20.9. The van der Waals surface area contributed by atoms with Crippen LogP contribution in [0.4, 0.5) is 0 Å². The fraction of sp³-hybridized carbons (Fsp3) is 0.360. The van der Waals surface area contributed by atoms with Gasteiger partial charge in [0.25, 0.3) is 5.91 Å². The lowest BCUT2D eigenvalue weighted by molar-refractivity contribution is -0.143. The lowest BCUT2D eigenvalue weighted by Gasteiger charge is -2.29. The molecule has 2 aromatic rings. The first-order valence-electron chi connectivity index (χ1n) is 11.7. The van der Waals surface area contributed by atoms with Gasteiger partial charge in [-0.15, -0.1) is 0 Å². The van der Waals surface area contributed by atoms with Gasteiger partial charge in [-0.2, -0.15) is 0 Å². The number of carbonyl (C=O) groups is 4. The third-order valence-electron chi connectivity index (χ3n) is 6.35. The van der Waals surface area contributed by atoms with E-state index in [0.29, 0.717) is 36.6 Å². The molecule has 9 heteroatoms. The second kappa shape index (κ2) is 9.26. The number of amides is 4. The quantitative estimate of drug-likeness (QED) is 0.648. The second-order valence-corrected chi connectivity index (χ2v) is 8.58. The highest BCUT2D eigenvalue weighted by molar-refractivity contribution is 6.05. The van der Waals surface area contributed by atoms with Crippen LogP contribution < -0.4 is 10.1 Å². The number of hydrogen-bond acceptors (Lipinski definition) is 6. The minimum atomic E-state index is -0.722. The zero-order valence-electron chi connectivity index (χ0n) is 19.5. The first-order valence-corrected chi connectivity index (χ1v) is 11.2. The predicted octanol–water partition coefficient (Wildman–Crippen LogP) is 1.39. The van der Waals surface area contributed by atoms with Crippen molar-refractivity contribution in [2.75, 3.05) is 19.8 Å². The summed E-state index contributed by atoms with van der Waals surface area (Å²) >= 11 is 0. The van der Waals surface area contributed by atoms with Crippen molar-refractivity contribution in [2.45, 2.75) is 38.6 Å². The molecule has 2 aromatic carbocycles. The summed E-state index contributed by atoms with van der Waals surface area (Å²) in [4.78, 5) is 51.9. The predicted molar refractivity (Wildman–Crippen MR) is 119 cm³/mol. The van der Waals surface area contributed by atoms with E-state index in [-0.39, 0.29) is 56.4 Å². The summed E-state index contributed by atoms with van der Waals surface area (Å²) < 4.78 is 19.3. The average molecular weight is 464 g/mol. The van der Waals surface area contributed by atoms with E-state index in [2.05, 4.69) is 5.32 Å². The molecule has 0 radical (unpaired) electrons. The highest BCUT2D eigenvalue weighted by atomic mass is 16.5. The maximum absolute atomic E-state index is 13.0. The number of nitrogens with one attached hydrogen (secondary N) is 1. The third kappa shape index (κ3) is 4.38. The van der Waals surface area contributed by atoms with Crippen LogP contribution in [0, 0.1) is 0 Å². The molecule has 3 aliphatic rings. The lowest BCUT2D eigenvalue weighted by Crippen LogP contribution is -2.52. The highest BCUT2D eigenvalue weighted by Crippen LogP contribution is 2.34. The van der Waals surface area contributed by atoms with Gasteiger partial charge in [-0.25, -0.2) is 0 Å². The summed E-state index contributed by atoms with van der Waals surface area (Å²) in [5, 5.41) is 2.29. The summed E-state index contributed by atoms with van der Waals surface area (Å²) in [6, 6.07) is 10.2. The van der Waals surface area contributed by atoms with Crippen LogP contribution in [0.2, 0.25) is 0 Å². The van der Waals surface area contributed by atoms with Crippen molar-refractivity contribution in [3.8, 4) is 5.75 Å². The number of fused-ring (bicyclic) bond motifs is 1. The maximum atomic E-state index is 13.0. The summed E-state index contributed by atoms with van der Waals surface area (Å²) in [7, 11) is 0. The van der Waals surface area contributed by atoms with Gasteiger partial charge in [0.15, 0.2) is 0 Å². The second-order valence-electron chi connectivity index (χ2n) is 8.58. The molecule has 3 aliphatic heterocycles. The number of nitrogens with zero attached hydrogens (tertiary/aromatic N) is 2. The highest BCUT2D eigenvalue weighted by Gasteiger charge is 2.40. The number of benzene rings is 2. The van der Waals surface area contributed by atoms with E-state index < -0.39 is 11.9 Å². The average Bonchev–Trinajstić information content (AvgIpc) is 3.16. The van der Waals surface area contributed by atoms with Crippen LogP contribution in [0.3, 0.4) is 0 Å². The molecular formula is C25H25N3O6. The van der Waals surface area contributed by atoms with Crippen LogP contribution in [-0.4, -0.2) is 59.2 Å². The molecule has 3 heterocycles. The van der Waals surface area contributed by atoms with E-state index in [1.807, 2.05) is 24.3 Å². The monoisotopic (exact) mass is 464 g/mol. The Balaban J connectivity index is 1.26. The normalized spacial score (nSPS) is 20.8. The SMILES string of the molecule is [2H]c1cc(OCc2ccc(CN3CCOCC3=O)cc2)c2c(c1)C(=O)N(C1CCC(=O)NC1=O)C2. The molecule has 0 bridgehead atoms. The standard InChI is InChI=1S/C25H25N3O6/c29-22-9-8-20(24(31)26-22)28-13-19-18(25(28)32)2-1-3-21(19)34-14-17-6-4-16(5-7-17)12-27-10-11-33-15-23(27)30/h1-7,20H,8-15H2,(H,26,29,31)/i1D. The van der Waals surface area contributed by atoms with E-state index in [1.165, 1.54) is 11.0 Å². The molecule has 0 aliphatic carbocycles. The molecule has 2 fully saturated rings. The Bertz CT molecular complexity index is 1200. The van der Waals surface area contributed by atoms with Crippen LogP contribution in [0.15, 0.2) is 42.4 Å². The number of morpholine rings is 1. The molecule has 5 rings (SSSR count). The zero-order chi connectivity index (χ0) is 24.5. The van der Waals surface area contributed by atoms with Crippen molar-refractivity contribution >= 4 is 23.6 Å². The van der Waals surface area contributed by atoms with Gasteiger partial charge in [0, 0.05) is 30.6 Å². The number of hydrogen-bond donors (Lipinski definition) is 1. The molecule has 4 amide bonds. The summed E-state index contributed by atoms with van der Waals surface area (Å²) in [5.41, 5.74) is 2.89. The van der Waals surface area contributed by atoms with Crippen molar-refractivity contribution in [3.05, 3.63) is 64.7 Å². The lowest BCUT2D eigenvalue weighted by atomic mass is 10.0. The number of rotatable bonds is 6. The van der Waals surface area contributed by atoms with Crippen LogP contribution in [0.1, 0.15) is 41.3 Å². The summed E-state index contributed by atoms with van der Waals surface area (Å²) in [5.74, 6) is -0.743. The van der Waals surface area contributed by atoms with Crippen molar-refractivity contribution in [2.24, 2.45) is 0 Å². The largest absolute Gasteiger partial charge is 0.489 e. The number of piperidine rings is 1. The van der Waals surface area contributed by atoms with Gasteiger partial charge in [-0.05, 0) is 29.7 Å². The molecule has 0 saturated carbocycles.